The number of carbonyl (C=O) groups excluding carboxylic acids is 1. The predicted molar refractivity (Wildman–Crippen MR) is 66.8 cm³/mol. The van der Waals surface area contributed by atoms with Crippen molar-refractivity contribution in [1.82, 2.24) is 10.2 Å². The lowest BCUT2D eigenvalue weighted by molar-refractivity contribution is -0.138. The maximum Gasteiger partial charge on any atom is 0.445 e. The van der Waals surface area contributed by atoms with Crippen LogP contribution in [0.5, 0.6) is 0 Å². The third-order valence-corrected chi connectivity index (χ3v) is 3.55. The van der Waals surface area contributed by atoms with Crippen LogP contribution in [0.15, 0.2) is 0 Å². The van der Waals surface area contributed by atoms with E-state index in [0.717, 1.165) is 19.3 Å². The van der Waals surface area contributed by atoms with E-state index in [4.69, 9.17) is 0 Å². The second-order valence-corrected chi connectivity index (χ2v) is 5.12. The molecule has 1 heterocycles. The first-order valence-corrected chi connectivity index (χ1v) is 6.91. The van der Waals surface area contributed by atoms with Crippen LogP contribution in [-0.2, 0) is 11.0 Å². The van der Waals surface area contributed by atoms with Gasteiger partial charge in [0.15, 0.2) is 0 Å². The Morgan fingerprint density at radius 2 is 2.05 bits per heavy atom. The molecule has 108 valence electrons. The Hall–Kier alpha value is -1.18. The van der Waals surface area contributed by atoms with Gasteiger partial charge in [-0.1, -0.05) is 38.0 Å². The Balaban J connectivity index is 2.63. The van der Waals surface area contributed by atoms with Gasteiger partial charge in [0.2, 0.25) is 16.0 Å². The maximum absolute atomic E-state index is 12.3. The van der Waals surface area contributed by atoms with Crippen molar-refractivity contribution in [2.24, 2.45) is 5.92 Å². The molecule has 0 radical (unpaired) electrons. The number of nitrogens with zero attached hydrogens (tertiary/aromatic N) is 2. The minimum atomic E-state index is -4.52. The highest BCUT2D eigenvalue weighted by molar-refractivity contribution is 7.15. The highest BCUT2D eigenvalue weighted by Crippen LogP contribution is 2.33. The Kier molecular flexibility index (Phi) is 5.71. The third-order valence-electron chi connectivity index (χ3n) is 2.67. The molecule has 1 atom stereocenters. The molecule has 1 aromatic heterocycles. The molecule has 0 saturated heterocycles. The quantitative estimate of drug-likeness (QED) is 0.870. The highest BCUT2D eigenvalue weighted by Gasteiger charge is 2.36. The summed E-state index contributed by atoms with van der Waals surface area (Å²) in [6.07, 6.45) is -1.26. The number of unbranched alkanes of at least 4 members (excludes halogenated alkanes) is 1. The molecule has 19 heavy (non-hydrogen) atoms. The summed E-state index contributed by atoms with van der Waals surface area (Å²) in [6.45, 7) is 3.89. The minimum Gasteiger partial charge on any atom is -0.300 e. The first-order valence-electron chi connectivity index (χ1n) is 6.10. The molecule has 0 aliphatic rings. The summed E-state index contributed by atoms with van der Waals surface area (Å²) in [5, 5.41) is 7.60. The van der Waals surface area contributed by atoms with Crippen molar-refractivity contribution in [1.29, 1.82) is 0 Å². The fourth-order valence-electron chi connectivity index (χ4n) is 1.57. The summed E-state index contributed by atoms with van der Waals surface area (Å²) >= 11 is 0.341. The normalized spacial score (nSPS) is 13.3. The van der Waals surface area contributed by atoms with Crippen LogP contribution in [-0.4, -0.2) is 16.1 Å². The molecule has 1 amide bonds. The van der Waals surface area contributed by atoms with E-state index in [9.17, 15) is 18.0 Å². The smallest absolute Gasteiger partial charge is 0.300 e. The fraction of sp³-hybridized carbons (Fsp3) is 0.727. The molecular formula is C11H16F3N3OS. The largest absolute Gasteiger partial charge is 0.445 e. The number of anilines is 1. The molecule has 0 spiro atoms. The maximum atomic E-state index is 12.3. The van der Waals surface area contributed by atoms with E-state index in [2.05, 4.69) is 15.5 Å². The Labute approximate surface area is 113 Å². The molecular weight excluding hydrogens is 279 g/mol. The molecule has 0 aromatic carbocycles. The number of aromatic nitrogens is 2. The molecule has 8 heteroatoms. The molecule has 0 saturated carbocycles. The van der Waals surface area contributed by atoms with Gasteiger partial charge in [-0.05, 0) is 12.8 Å². The zero-order valence-corrected chi connectivity index (χ0v) is 11.6. The summed E-state index contributed by atoms with van der Waals surface area (Å²) in [5.41, 5.74) is 0. The van der Waals surface area contributed by atoms with Gasteiger partial charge in [-0.25, -0.2) is 0 Å². The lowest BCUT2D eigenvalue weighted by Gasteiger charge is -2.12. The fourth-order valence-corrected chi connectivity index (χ4v) is 2.18. The highest BCUT2D eigenvalue weighted by atomic mass is 32.1. The van der Waals surface area contributed by atoms with Gasteiger partial charge in [0, 0.05) is 5.92 Å². The van der Waals surface area contributed by atoms with Gasteiger partial charge in [-0.3, -0.25) is 4.79 Å². The molecule has 1 aromatic rings. The van der Waals surface area contributed by atoms with Crippen molar-refractivity contribution >= 4 is 22.4 Å². The first-order chi connectivity index (χ1) is 8.88. The summed E-state index contributed by atoms with van der Waals surface area (Å²) in [6, 6.07) is 0. The molecule has 0 unspecified atom stereocenters. The van der Waals surface area contributed by atoms with E-state index >= 15 is 0 Å². The van der Waals surface area contributed by atoms with Crippen LogP contribution in [0, 0.1) is 5.92 Å². The lowest BCUT2D eigenvalue weighted by atomic mass is 9.99. The third kappa shape index (κ3) is 4.77. The van der Waals surface area contributed by atoms with E-state index in [1.165, 1.54) is 0 Å². The van der Waals surface area contributed by atoms with E-state index in [-0.39, 0.29) is 17.0 Å². The van der Waals surface area contributed by atoms with Crippen LogP contribution in [0.25, 0.3) is 0 Å². The van der Waals surface area contributed by atoms with Crippen LogP contribution in [0.2, 0.25) is 0 Å². The predicted octanol–water partition coefficient (Wildman–Crippen LogP) is 3.71. The van der Waals surface area contributed by atoms with E-state index < -0.39 is 11.2 Å². The standard InChI is InChI=1S/C11H16F3N3OS/c1-3-5-6-7(4-2)8(18)15-10-17-16-9(19-10)11(12,13)14/h7H,3-6H2,1-2H3,(H,15,17,18)/t7-/m0/s1. The number of rotatable bonds is 6. The van der Waals surface area contributed by atoms with Crippen molar-refractivity contribution in [3.05, 3.63) is 5.01 Å². The molecule has 0 fully saturated rings. The second kappa shape index (κ2) is 6.83. The van der Waals surface area contributed by atoms with E-state index in [1.54, 1.807) is 0 Å². The average Bonchev–Trinajstić information content (AvgIpc) is 2.78. The van der Waals surface area contributed by atoms with Crippen molar-refractivity contribution < 1.29 is 18.0 Å². The molecule has 1 rings (SSSR count). The first kappa shape index (κ1) is 15.9. The van der Waals surface area contributed by atoms with Gasteiger partial charge < -0.3 is 5.32 Å². The zero-order valence-electron chi connectivity index (χ0n) is 10.8. The number of halogens is 3. The Morgan fingerprint density at radius 1 is 1.37 bits per heavy atom. The molecule has 4 nitrogen and oxygen atoms in total. The Bertz CT molecular complexity index is 420. The van der Waals surface area contributed by atoms with Gasteiger partial charge in [-0.15, -0.1) is 10.2 Å². The number of nitrogens with one attached hydrogen (secondary N) is 1. The number of amides is 1. The number of hydrogen-bond donors (Lipinski definition) is 1. The summed E-state index contributed by atoms with van der Waals surface area (Å²) in [5.74, 6) is -0.487. The van der Waals surface area contributed by atoms with Crippen molar-refractivity contribution in [3.63, 3.8) is 0 Å². The summed E-state index contributed by atoms with van der Waals surface area (Å²) < 4.78 is 37.0. The summed E-state index contributed by atoms with van der Waals surface area (Å²) in [7, 11) is 0. The van der Waals surface area contributed by atoms with Gasteiger partial charge in [0.25, 0.3) is 0 Å². The van der Waals surface area contributed by atoms with E-state index in [1.807, 2.05) is 13.8 Å². The molecule has 0 bridgehead atoms. The van der Waals surface area contributed by atoms with Crippen LogP contribution < -0.4 is 5.32 Å². The SMILES string of the molecule is CCCC[C@H](CC)C(=O)Nc1nnc(C(F)(F)F)s1. The van der Waals surface area contributed by atoms with Crippen LogP contribution in [0.1, 0.15) is 44.5 Å². The Morgan fingerprint density at radius 3 is 2.53 bits per heavy atom. The number of alkyl halides is 3. The zero-order chi connectivity index (χ0) is 14.5. The van der Waals surface area contributed by atoms with Crippen LogP contribution >= 0.6 is 11.3 Å². The molecule has 1 N–H and O–H groups in total. The van der Waals surface area contributed by atoms with Gasteiger partial charge in [-0.2, -0.15) is 13.2 Å². The minimum absolute atomic E-state index is 0.104. The average molecular weight is 295 g/mol. The monoisotopic (exact) mass is 295 g/mol. The van der Waals surface area contributed by atoms with Gasteiger partial charge >= 0.3 is 6.18 Å². The summed E-state index contributed by atoms with van der Waals surface area (Å²) in [4.78, 5) is 11.9. The topological polar surface area (TPSA) is 54.9 Å². The van der Waals surface area contributed by atoms with Crippen molar-refractivity contribution in [3.8, 4) is 0 Å². The van der Waals surface area contributed by atoms with Gasteiger partial charge in [0.1, 0.15) is 0 Å². The molecule has 0 aliphatic carbocycles. The molecule has 0 aliphatic heterocycles. The van der Waals surface area contributed by atoms with E-state index in [0.29, 0.717) is 17.8 Å². The lowest BCUT2D eigenvalue weighted by Crippen LogP contribution is -2.22. The van der Waals surface area contributed by atoms with Crippen molar-refractivity contribution in [2.45, 2.75) is 45.7 Å². The number of carbonyl (C=O) groups is 1. The van der Waals surface area contributed by atoms with Crippen LogP contribution in [0.4, 0.5) is 18.3 Å². The second-order valence-electron chi connectivity index (χ2n) is 4.15. The van der Waals surface area contributed by atoms with Crippen molar-refractivity contribution in [2.75, 3.05) is 5.32 Å². The van der Waals surface area contributed by atoms with Crippen LogP contribution in [0.3, 0.4) is 0 Å². The van der Waals surface area contributed by atoms with Gasteiger partial charge in [0.05, 0.1) is 0 Å². The number of hydrogen-bond acceptors (Lipinski definition) is 4.